The van der Waals surface area contributed by atoms with E-state index in [1.807, 2.05) is 43.5 Å². The van der Waals surface area contributed by atoms with E-state index < -0.39 is 20.8 Å². The molecule has 50 heavy (non-hydrogen) atoms. The van der Waals surface area contributed by atoms with Crippen molar-refractivity contribution in [3.05, 3.63) is 150 Å². The molecule has 0 saturated carbocycles. The molecule has 0 unspecified atom stereocenters. The van der Waals surface area contributed by atoms with Crippen molar-refractivity contribution in [1.29, 1.82) is 0 Å². The van der Waals surface area contributed by atoms with Gasteiger partial charge < -0.3 is 9.55 Å². The van der Waals surface area contributed by atoms with E-state index in [2.05, 4.69) is 126 Å². The van der Waals surface area contributed by atoms with Gasteiger partial charge in [0.2, 0.25) is 0 Å². The largest absolute Gasteiger partial charge is 0.360 e. The van der Waals surface area contributed by atoms with Crippen molar-refractivity contribution in [1.82, 2.24) is 14.5 Å². The van der Waals surface area contributed by atoms with Gasteiger partial charge in [0.05, 0.1) is 24.9 Å². The van der Waals surface area contributed by atoms with Gasteiger partial charge in [-0.25, -0.2) is 0 Å². The summed E-state index contributed by atoms with van der Waals surface area (Å²) in [5.74, 6) is 0.263. The molecule has 0 saturated heterocycles. The third-order valence-corrected chi connectivity index (χ3v) is 12.0. The van der Waals surface area contributed by atoms with Crippen LogP contribution in [0.2, 0.25) is 19.6 Å². The second-order valence-corrected chi connectivity index (χ2v) is 19.6. The van der Waals surface area contributed by atoms with Gasteiger partial charge in [-0.2, -0.15) is 11.3 Å². The zero-order valence-corrected chi connectivity index (χ0v) is 33.0. The van der Waals surface area contributed by atoms with Crippen molar-refractivity contribution < 1.29 is 25.6 Å². The standard InChI is InChI=1S/C26H17N2S.C18H24NSi.Ir/c1-2-9-18(10-3-1)17-28-23-15-6-5-14-22(23)27-26(28)21-13-8-12-20-19-11-4-7-16-24(19)29-25(20)21;1-13(2)16-11-17(15-9-7-14(3)8-10-15)19-12-18(16)20(4,5)6;/h1-12,14-16H,17H2;7-9,11-13H,1-6H3;/q2*-1;/i;3D3,13D;. The molecule has 0 aliphatic carbocycles. The van der Waals surface area contributed by atoms with E-state index in [-0.39, 0.29) is 25.7 Å². The minimum absolute atomic E-state index is 0. The fraction of sp³-hybridized carbons (Fsp3) is 0.182. The number of pyridine rings is 1. The first-order chi connectivity index (χ1) is 25.2. The maximum Gasteiger partial charge on any atom is 0.0799 e. The monoisotopic (exact) mass is 868 g/mol. The van der Waals surface area contributed by atoms with E-state index in [1.54, 1.807) is 12.1 Å². The Kier molecular flexibility index (Phi) is 9.16. The normalized spacial score (nSPS) is 13.1. The van der Waals surface area contributed by atoms with E-state index in [0.29, 0.717) is 0 Å². The van der Waals surface area contributed by atoms with Gasteiger partial charge in [0, 0.05) is 43.0 Å². The average molecular weight is 868 g/mol. The van der Waals surface area contributed by atoms with E-state index in [4.69, 9.17) is 10.5 Å². The van der Waals surface area contributed by atoms with Crippen LogP contribution in [0.4, 0.5) is 0 Å². The van der Waals surface area contributed by atoms with Gasteiger partial charge in [-0.1, -0.05) is 124 Å². The number of thiophene rings is 1. The number of hydrogen-bond donors (Lipinski definition) is 0. The molecule has 0 bridgehead atoms. The number of fused-ring (bicyclic) bond motifs is 4. The van der Waals surface area contributed by atoms with E-state index >= 15 is 0 Å². The maximum absolute atomic E-state index is 8.48. The van der Waals surface area contributed by atoms with Crippen LogP contribution in [0, 0.1) is 19.0 Å². The number of nitrogens with zero attached hydrogens (tertiary/aromatic N) is 3. The van der Waals surface area contributed by atoms with Crippen LogP contribution in [-0.2, 0) is 26.7 Å². The Morgan fingerprint density at radius 1 is 0.880 bits per heavy atom. The molecule has 1 radical (unpaired) electrons. The molecule has 3 aromatic heterocycles. The van der Waals surface area contributed by atoms with Crippen LogP contribution in [0.25, 0.3) is 53.9 Å². The van der Waals surface area contributed by atoms with Crippen molar-refractivity contribution >= 4 is 55.8 Å². The van der Waals surface area contributed by atoms with Crippen LogP contribution < -0.4 is 5.19 Å². The maximum atomic E-state index is 8.48. The van der Waals surface area contributed by atoms with Crippen molar-refractivity contribution in [2.75, 3.05) is 0 Å². The topological polar surface area (TPSA) is 30.7 Å². The molecule has 0 spiro atoms. The zero-order chi connectivity index (χ0) is 37.5. The smallest absolute Gasteiger partial charge is 0.0799 e. The number of rotatable bonds is 6. The van der Waals surface area contributed by atoms with Crippen LogP contribution in [0.15, 0.2) is 121 Å². The first kappa shape index (κ1) is 30.6. The molecule has 0 aliphatic heterocycles. The predicted octanol–water partition coefficient (Wildman–Crippen LogP) is 11.4. The summed E-state index contributed by atoms with van der Waals surface area (Å²) in [5.41, 5.74) is 7.24. The summed E-state index contributed by atoms with van der Waals surface area (Å²) in [7, 11) is -1.61. The second-order valence-electron chi connectivity index (χ2n) is 13.5. The van der Waals surface area contributed by atoms with Crippen LogP contribution in [0.5, 0.6) is 0 Å². The van der Waals surface area contributed by atoms with Crippen LogP contribution in [0.1, 0.15) is 41.9 Å². The molecule has 0 amide bonds. The van der Waals surface area contributed by atoms with E-state index in [0.717, 1.165) is 45.8 Å². The van der Waals surface area contributed by atoms with Crippen LogP contribution in [-0.4, -0.2) is 22.6 Å². The van der Waals surface area contributed by atoms with Gasteiger partial charge in [-0.15, -0.1) is 53.6 Å². The molecular weight excluding hydrogens is 823 g/mol. The Morgan fingerprint density at radius 3 is 2.38 bits per heavy atom. The first-order valence-electron chi connectivity index (χ1n) is 18.5. The fourth-order valence-electron chi connectivity index (χ4n) is 6.25. The van der Waals surface area contributed by atoms with Gasteiger partial charge in [-0.3, -0.25) is 4.98 Å². The summed E-state index contributed by atoms with van der Waals surface area (Å²) in [4.78, 5) is 9.60. The Hall–Kier alpha value is -4.19. The quantitative estimate of drug-likeness (QED) is 0.123. The third kappa shape index (κ3) is 7.31. The molecule has 3 nitrogen and oxygen atoms in total. The summed E-state index contributed by atoms with van der Waals surface area (Å²) < 4.78 is 35.7. The fourth-order valence-corrected chi connectivity index (χ4v) is 9.02. The molecule has 8 aromatic rings. The van der Waals surface area contributed by atoms with Gasteiger partial charge in [-0.05, 0) is 50.6 Å². The van der Waals surface area contributed by atoms with Crippen LogP contribution in [0.3, 0.4) is 0 Å². The molecule has 0 N–H and O–H groups in total. The average Bonchev–Trinajstić information content (AvgIpc) is 3.69. The van der Waals surface area contributed by atoms with Crippen molar-refractivity contribution in [3.63, 3.8) is 0 Å². The number of aromatic nitrogens is 3. The summed E-state index contributed by atoms with van der Waals surface area (Å²) in [6.45, 7) is 9.17. The van der Waals surface area contributed by atoms with Crippen molar-refractivity contribution in [2.45, 2.75) is 52.8 Å². The number of imidazole rings is 1. The Labute approximate surface area is 320 Å². The van der Waals surface area contributed by atoms with Crippen molar-refractivity contribution in [3.8, 4) is 22.6 Å². The van der Waals surface area contributed by atoms with Gasteiger partial charge in [0.15, 0.2) is 0 Å². The minimum Gasteiger partial charge on any atom is -0.360 e. The minimum atomic E-state index is -2.13. The molecule has 253 valence electrons. The molecule has 5 aromatic carbocycles. The SMILES string of the molecule is [2H]C([2H])([2H])c1c[c-]c(-c2cc(C([2H])(C)C)c([Si](C)(C)C)cn2)cc1.[Ir].[c-]1ccc2c(sc3ccccc32)c1-c1nc2ccccc2n1Cc1ccccc1. The van der Waals surface area contributed by atoms with Gasteiger partial charge in [0.25, 0.3) is 0 Å². The molecular formula is C44H41IrN3SSi-2. The van der Waals surface area contributed by atoms with Crippen LogP contribution >= 0.6 is 11.3 Å². The summed E-state index contributed by atoms with van der Waals surface area (Å²) in [6.07, 6.45) is 1.89. The first-order valence-corrected chi connectivity index (χ1v) is 20.9. The number of aryl methyl sites for hydroxylation is 1. The molecule has 0 atom stereocenters. The second kappa shape index (κ2) is 15.0. The predicted molar refractivity (Wildman–Crippen MR) is 213 cm³/mol. The van der Waals surface area contributed by atoms with Crippen molar-refractivity contribution in [2.24, 2.45) is 0 Å². The summed E-state index contributed by atoms with van der Waals surface area (Å²) in [5, 5.41) is 3.76. The number of benzene rings is 5. The van der Waals surface area contributed by atoms with Gasteiger partial charge >= 0.3 is 0 Å². The third-order valence-electron chi connectivity index (χ3n) is 8.74. The van der Waals surface area contributed by atoms with E-state index in [9.17, 15) is 0 Å². The van der Waals surface area contributed by atoms with Gasteiger partial charge in [0.1, 0.15) is 0 Å². The molecule has 0 fully saturated rings. The molecule has 6 heteroatoms. The zero-order valence-electron chi connectivity index (χ0n) is 32.8. The Balaban J connectivity index is 0.000000185. The summed E-state index contributed by atoms with van der Waals surface area (Å²) in [6, 6.07) is 45.1. The Bertz CT molecular complexity index is 2550. The summed E-state index contributed by atoms with van der Waals surface area (Å²) >= 11 is 1.82. The van der Waals surface area contributed by atoms with E-state index in [1.165, 1.54) is 37.0 Å². The Morgan fingerprint density at radius 2 is 1.64 bits per heavy atom. The molecule has 0 aliphatic rings. The number of hydrogen-bond acceptors (Lipinski definition) is 3. The molecule has 3 heterocycles. The molecule has 8 rings (SSSR count). The number of para-hydroxylation sites is 2.